The van der Waals surface area contributed by atoms with Crippen LogP contribution in [0.4, 0.5) is 0 Å². The van der Waals surface area contributed by atoms with Crippen LogP contribution in [0.1, 0.15) is 27.3 Å². The Kier molecular flexibility index (Phi) is 5.73. The molecule has 0 saturated heterocycles. The summed E-state index contributed by atoms with van der Waals surface area (Å²) >= 11 is 1.41. The molecule has 0 unspecified atom stereocenters. The number of ketones is 1. The highest BCUT2D eigenvalue weighted by Gasteiger charge is 2.13. The van der Waals surface area contributed by atoms with E-state index in [1.165, 1.54) is 11.8 Å². The number of hydrogen-bond donors (Lipinski definition) is 0. The topological polar surface area (TPSA) is 57.0 Å². The average Bonchev–Trinajstić information content (AvgIpc) is 3.00. The van der Waals surface area contributed by atoms with Crippen LogP contribution in [0.3, 0.4) is 0 Å². The van der Waals surface area contributed by atoms with Crippen molar-refractivity contribution in [3.05, 3.63) is 71.0 Å². The summed E-state index contributed by atoms with van der Waals surface area (Å²) in [6, 6.07) is 15.5. The number of thioether (sulfide) groups is 1. The molecular weight excluding hydrogens is 346 g/mol. The van der Waals surface area contributed by atoms with Crippen molar-refractivity contribution in [2.75, 3.05) is 12.9 Å². The number of hydrogen-bond acceptors (Lipinski definition) is 5. The zero-order chi connectivity index (χ0) is 18.5. The van der Waals surface area contributed by atoms with Gasteiger partial charge in [-0.15, -0.1) is 10.2 Å². The van der Waals surface area contributed by atoms with Crippen LogP contribution in [0, 0.1) is 6.92 Å². The molecule has 0 amide bonds. The molecule has 134 valence electrons. The Hall–Kier alpha value is -2.60. The first-order chi connectivity index (χ1) is 12.6. The third-order valence-electron chi connectivity index (χ3n) is 4.15. The smallest absolute Gasteiger partial charge is 0.191 e. The summed E-state index contributed by atoms with van der Waals surface area (Å²) in [7, 11) is 3.58. The molecule has 6 heteroatoms. The minimum atomic E-state index is 0.0923. The van der Waals surface area contributed by atoms with Crippen LogP contribution in [0.15, 0.2) is 53.7 Å². The molecule has 0 aliphatic heterocycles. The number of benzene rings is 2. The number of nitrogens with zero attached hydrogens (tertiary/aromatic N) is 3. The second-order valence-electron chi connectivity index (χ2n) is 6.06. The Morgan fingerprint density at radius 3 is 2.42 bits per heavy atom. The minimum Gasteiger partial charge on any atom is -0.497 e. The highest BCUT2D eigenvalue weighted by atomic mass is 32.2. The molecule has 0 spiro atoms. The van der Waals surface area contributed by atoms with Gasteiger partial charge in [-0.25, -0.2) is 0 Å². The summed E-state index contributed by atoms with van der Waals surface area (Å²) in [5.41, 5.74) is 3.00. The quantitative estimate of drug-likeness (QED) is 0.471. The van der Waals surface area contributed by atoms with Gasteiger partial charge in [-0.2, -0.15) is 0 Å². The van der Waals surface area contributed by atoms with Crippen LogP contribution >= 0.6 is 11.8 Å². The third kappa shape index (κ3) is 4.32. The van der Waals surface area contributed by atoms with Crippen LogP contribution in [-0.2, 0) is 13.5 Å². The number of aromatic nitrogens is 3. The van der Waals surface area contributed by atoms with Crippen molar-refractivity contribution >= 4 is 17.5 Å². The van der Waals surface area contributed by atoms with Gasteiger partial charge in [0.1, 0.15) is 11.6 Å². The van der Waals surface area contributed by atoms with Crippen LogP contribution in [0.5, 0.6) is 5.75 Å². The van der Waals surface area contributed by atoms with Crippen molar-refractivity contribution in [3.8, 4) is 5.75 Å². The fourth-order valence-corrected chi connectivity index (χ4v) is 3.33. The van der Waals surface area contributed by atoms with E-state index in [0.29, 0.717) is 12.2 Å². The van der Waals surface area contributed by atoms with E-state index in [0.717, 1.165) is 33.4 Å². The van der Waals surface area contributed by atoms with Crippen LogP contribution in [0.25, 0.3) is 0 Å². The lowest BCUT2D eigenvalue weighted by Crippen LogP contribution is -2.05. The van der Waals surface area contributed by atoms with Gasteiger partial charge in [0.05, 0.1) is 12.9 Å². The maximum Gasteiger partial charge on any atom is 0.191 e. The van der Waals surface area contributed by atoms with Crippen molar-refractivity contribution in [3.63, 3.8) is 0 Å². The fraction of sp³-hybridized carbons (Fsp3) is 0.250. The van der Waals surface area contributed by atoms with Crippen molar-refractivity contribution in [1.29, 1.82) is 0 Å². The molecule has 5 nitrogen and oxygen atoms in total. The maximum atomic E-state index is 12.3. The molecule has 3 rings (SSSR count). The van der Waals surface area contributed by atoms with E-state index in [2.05, 4.69) is 10.2 Å². The largest absolute Gasteiger partial charge is 0.497 e. The summed E-state index contributed by atoms with van der Waals surface area (Å²) in [4.78, 5) is 12.3. The van der Waals surface area contributed by atoms with Gasteiger partial charge >= 0.3 is 0 Å². The summed E-state index contributed by atoms with van der Waals surface area (Å²) in [5, 5.41) is 9.23. The number of aryl methyl sites for hydroxylation is 1. The SMILES string of the molecule is COc1ccc(Cc2nnc(SCC(=O)c3ccc(C)cc3)n2C)cc1. The number of ether oxygens (including phenoxy) is 1. The van der Waals surface area contributed by atoms with Gasteiger partial charge in [-0.1, -0.05) is 53.7 Å². The summed E-state index contributed by atoms with van der Waals surface area (Å²) in [6.45, 7) is 2.01. The molecule has 0 atom stereocenters. The molecule has 0 saturated carbocycles. The molecule has 0 bridgehead atoms. The number of rotatable bonds is 7. The highest BCUT2D eigenvalue weighted by Crippen LogP contribution is 2.20. The molecule has 0 fully saturated rings. The van der Waals surface area contributed by atoms with E-state index in [1.807, 2.05) is 67.1 Å². The lowest BCUT2D eigenvalue weighted by molar-refractivity contribution is 0.102. The normalized spacial score (nSPS) is 10.7. The van der Waals surface area contributed by atoms with Crippen LogP contribution in [-0.4, -0.2) is 33.4 Å². The number of carbonyl (C=O) groups excluding carboxylic acids is 1. The van der Waals surface area contributed by atoms with Gasteiger partial charge < -0.3 is 9.30 Å². The van der Waals surface area contributed by atoms with Gasteiger partial charge in [0.15, 0.2) is 10.9 Å². The second kappa shape index (κ2) is 8.19. The highest BCUT2D eigenvalue weighted by molar-refractivity contribution is 7.99. The zero-order valence-electron chi connectivity index (χ0n) is 15.1. The third-order valence-corrected chi connectivity index (χ3v) is 5.17. The van der Waals surface area contributed by atoms with Crippen LogP contribution in [0.2, 0.25) is 0 Å². The van der Waals surface area contributed by atoms with Crippen molar-refractivity contribution in [1.82, 2.24) is 14.8 Å². The maximum absolute atomic E-state index is 12.3. The summed E-state index contributed by atoms with van der Waals surface area (Å²) in [5.74, 6) is 2.13. The average molecular weight is 367 g/mol. The molecule has 2 aromatic carbocycles. The Morgan fingerprint density at radius 2 is 1.77 bits per heavy atom. The first kappa shape index (κ1) is 18.2. The zero-order valence-corrected chi connectivity index (χ0v) is 15.9. The number of Topliss-reactive ketones (excluding diaryl/α,β-unsaturated/α-hetero) is 1. The van der Waals surface area contributed by atoms with E-state index in [1.54, 1.807) is 7.11 Å². The Balaban J connectivity index is 1.62. The van der Waals surface area contributed by atoms with Crippen molar-refractivity contribution < 1.29 is 9.53 Å². The monoisotopic (exact) mass is 367 g/mol. The molecule has 0 radical (unpaired) electrons. The first-order valence-electron chi connectivity index (χ1n) is 8.30. The molecule has 26 heavy (non-hydrogen) atoms. The van der Waals surface area contributed by atoms with Gasteiger partial charge in [0, 0.05) is 19.0 Å². The Bertz CT molecular complexity index is 886. The van der Waals surface area contributed by atoms with E-state index in [-0.39, 0.29) is 5.78 Å². The summed E-state index contributed by atoms with van der Waals surface area (Å²) < 4.78 is 7.12. The van der Waals surface area contributed by atoms with Crippen molar-refractivity contribution in [2.45, 2.75) is 18.5 Å². The molecule has 3 aromatic rings. The van der Waals surface area contributed by atoms with E-state index in [9.17, 15) is 4.79 Å². The molecule has 1 aromatic heterocycles. The molecular formula is C20H21N3O2S. The minimum absolute atomic E-state index is 0.0923. The lowest BCUT2D eigenvalue weighted by Gasteiger charge is -2.05. The standard InChI is InChI=1S/C20H21N3O2S/c1-14-4-8-16(9-5-14)18(24)13-26-20-22-21-19(23(20)2)12-15-6-10-17(25-3)11-7-15/h4-11H,12-13H2,1-3H3. The molecule has 0 aliphatic carbocycles. The Morgan fingerprint density at radius 1 is 1.08 bits per heavy atom. The lowest BCUT2D eigenvalue weighted by atomic mass is 10.1. The number of carbonyl (C=O) groups is 1. The first-order valence-corrected chi connectivity index (χ1v) is 9.29. The van der Waals surface area contributed by atoms with Crippen molar-refractivity contribution in [2.24, 2.45) is 7.05 Å². The fourth-order valence-electron chi connectivity index (χ4n) is 2.50. The van der Waals surface area contributed by atoms with Gasteiger partial charge in [-0.3, -0.25) is 4.79 Å². The van der Waals surface area contributed by atoms with Gasteiger partial charge in [0.2, 0.25) is 0 Å². The predicted octanol–water partition coefficient (Wildman–Crippen LogP) is 3.70. The van der Waals surface area contributed by atoms with E-state index in [4.69, 9.17) is 4.74 Å². The Labute approximate surface area is 157 Å². The molecule has 0 N–H and O–H groups in total. The predicted molar refractivity (Wildman–Crippen MR) is 103 cm³/mol. The van der Waals surface area contributed by atoms with Crippen LogP contribution < -0.4 is 4.74 Å². The van der Waals surface area contributed by atoms with E-state index < -0.39 is 0 Å². The van der Waals surface area contributed by atoms with Gasteiger partial charge in [0.25, 0.3) is 0 Å². The number of methoxy groups -OCH3 is 1. The molecule has 1 heterocycles. The van der Waals surface area contributed by atoms with E-state index >= 15 is 0 Å². The summed E-state index contributed by atoms with van der Waals surface area (Å²) in [6.07, 6.45) is 0.681. The molecule has 0 aliphatic rings. The van der Waals surface area contributed by atoms with Gasteiger partial charge in [-0.05, 0) is 24.6 Å². The second-order valence-corrected chi connectivity index (χ2v) is 7.00.